The van der Waals surface area contributed by atoms with Gasteiger partial charge in [0.2, 0.25) is 5.89 Å². The molecule has 0 saturated carbocycles. The zero-order valence-corrected chi connectivity index (χ0v) is 16.5. The van der Waals surface area contributed by atoms with Crippen molar-refractivity contribution in [3.8, 4) is 17.2 Å². The smallest absolute Gasteiger partial charge is 0.226 e. The Morgan fingerprint density at radius 3 is 2.61 bits per heavy atom. The summed E-state index contributed by atoms with van der Waals surface area (Å²) in [6, 6.07) is 17.8. The van der Waals surface area contributed by atoms with E-state index in [0.29, 0.717) is 24.9 Å². The highest BCUT2D eigenvalue weighted by Gasteiger charge is 2.09. The maximum atomic E-state index is 5.98. The van der Waals surface area contributed by atoms with Crippen molar-refractivity contribution in [1.29, 1.82) is 0 Å². The molecule has 2 aromatic carbocycles. The average Bonchev–Trinajstić information content (AvgIpc) is 3.20. The highest BCUT2D eigenvalue weighted by atomic mass is 16.5. The average molecular weight is 378 g/mol. The van der Waals surface area contributed by atoms with Crippen LogP contribution in [0, 0.1) is 6.92 Å². The summed E-state index contributed by atoms with van der Waals surface area (Å²) in [5, 5.41) is 6.52. The first-order valence-corrected chi connectivity index (χ1v) is 9.32. The lowest BCUT2D eigenvalue weighted by atomic mass is 10.2. The minimum atomic E-state index is -0.00335. The van der Waals surface area contributed by atoms with Crippen LogP contribution in [0.2, 0.25) is 0 Å². The number of ether oxygens (including phenoxy) is 1. The minimum Gasteiger partial charge on any atom is -0.489 e. The molecule has 2 N–H and O–H groups in total. The predicted molar refractivity (Wildman–Crippen MR) is 111 cm³/mol. The molecule has 0 radical (unpaired) electrons. The Morgan fingerprint density at radius 1 is 1.11 bits per heavy atom. The van der Waals surface area contributed by atoms with Crippen molar-refractivity contribution in [2.45, 2.75) is 26.5 Å². The monoisotopic (exact) mass is 378 g/mol. The zero-order chi connectivity index (χ0) is 19.8. The first-order chi connectivity index (χ1) is 13.7. The Kier molecular flexibility index (Phi) is 6.68. The molecule has 0 aliphatic heterocycles. The van der Waals surface area contributed by atoms with Crippen molar-refractivity contribution in [3.05, 3.63) is 72.1 Å². The van der Waals surface area contributed by atoms with E-state index in [1.165, 1.54) is 0 Å². The number of hydrogen-bond acceptors (Lipinski definition) is 4. The molecule has 0 amide bonds. The van der Waals surface area contributed by atoms with Gasteiger partial charge in [0.1, 0.15) is 18.1 Å². The van der Waals surface area contributed by atoms with Crippen LogP contribution in [-0.2, 0) is 6.54 Å². The van der Waals surface area contributed by atoms with Gasteiger partial charge in [-0.15, -0.1) is 0 Å². The summed E-state index contributed by atoms with van der Waals surface area (Å²) in [5.41, 5.74) is 2.89. The Hall–Kier alpha value is -3.28. The summed E-state index contributed by atoms with van der Waals surface area (Å²) in [6.07, 6.45) is 1.66. The molecule has 6 nitrogen and oxygen atoms in total. The Bertz CT molecular complexity index is 906. The van der Waals surface area contributed by atoms with E-state index in [-0.39, 0.29) is 6.10 Å². The van der Waals surface area contributed by atoms with Crippen LogP contribution in [0.4, 0.5) is 0 Å². The highest BCUT2D eigenvalue weighted by molar-refractivity contribution is 5.79. The van der Waals surface area contributed by atoms with Crippen molar-refractivity contribution in [1.82, 2.24) is 15.6 Å². The van der Waals surface area contributed by atoms with Gasteiger partial charge in [-0.2, -0.15) is 0 Å². The molecule has 28 heavy (non-hydrogen) atoms. The number of nitrogens with one attached hydrogen (secondary N) is 2. The first kappa shape index (κ1) is 19.5. The first-order valence-electron chi connectivity index (χ1n) is 9.32. The molecule has 6 heteroatoms. The number of aliphatic imine (C=N–C) groups is 1. The van der Waals surface area contributed by atoms with E-state index >= 15 is 0 Å². The summed E-state index contributed by atoms with van der Waals surface area (Å²) < 4.78 is 11.5. The molecule has 3 aromatic rings. The number of para-hydroxylation sites is 1. The number of nitrogens with zero attached hydrogens (tertiary/aromatic N) is 2. The number of hydrogen-bond donors (Lipinski definition) is 2. The maximum absolute atomic E-state index is 5.98. The molecule has 0 saturated heterocycles. The lowest BCUT2D eigenvalue weighted by Crippen LogP contribution is -2.41. The third-order valence-electron chi connectivity index (χ3n) is 4.21. The van der Waals surface area contributed by atoms with Crippen LogP contribution in [0.1, 0.15) is 18.2 Å². The number of oxazole rings is 1. The second-order valence-electron chi connectivity index (χ2n) is 6.51. The summed E-state index contributed by atoms with van der Waals surface area (Å²) in [7, 11) is 1.74. The number of rotatable bonds is 7. The molecule has 1 unspecified atom stereocenters. The molecule has 1 aromatic heterocycles. The van der Waals surface area contributed by atoms with Crippen molar-refractivity contribution >= 4 is 5.96 Å². The van der Waals surface area contributed by atoms with E-state index in [1.807, 2.05) is 68.4 Å². The summed E-state index contributed by atoms with van der Waals surface area (Å²) in [5.74, 6) is 2.20. The van der Waals surface area contributed by atoms with Crippen LogP contribution in [0.15, 0.2) is 70.3 Å². The van der Waals surface area contributed by atoms with E-state index in [1.54, 1.807) is 13.3 Å². The lowest BCUT2D eigenvalue weighted by molar-refractivity contribution is 0.222. The van der Waals surface area contributed by atoms with Crippen molar-refractivity contribution in [3.63, 3.8) is 0 Å². The van der Waals surface area contributed by atoms with Gasteiger partial charge in [-0.1, -0.05) is 36.4 Å². The molecule has 0 fully saturated rings. The van der Waals surface area contributed by atoms with Gasteiger partial charge in [0.05, 0.1) is 18.8 Å². The minimum absolute atomic E-state index is 0.00335. The van der Waals surface area contributed by atoms with Crippen LogP contribution >= 0.6 is 0 Å². The van der Waals surface area contributed by atoms with E-state index in [0.717, 1.165) is 22.6 Å². The molecular weight excluding hydrogens is 352 g/mol. The second-order valence-corrected chi connectivity index (χ2v) is 6.51. The van der Waals surface area contributed by atoms with Gasteiger partial charge in [0, 0.05) is 12.6 Å². The van der Waals surface area contributed by atoms with Crippen molar-refractivity contribution in [2.24, 2.45) is 4.99 Å². The Labute approximate surface area is 165 Å². The fourth-order valence-electron chi connectivity index (χ4n) is 2.68. The fourth-order valence-corrected chi connectivity index (χ4v) is 2.68. The van der Waals surface area contributed by atoms with Crippen LogP contribution in [0.5, 0.6) is 5.75 Å². The van der Waals surface area contributed by atoms with Crippen LogP contribution in [0.3, 0.4) is 0 Å². The van der Waals surface area contributed by atoms with Gasteiger partial charge in [-0.25, -0.2) is 4.98 Å². The molecule has 0 bridgehead atoms. The third-order valence-corrected chi connectivity index (χ3v) is 4.21. The molecular formula is C22H26N4O2. The standard InChI is InChI=1S/C22H26N4O2/c1-16-9-7-8-12-20(16)28-17(2)13-24-22(23-3)25-14-19-15-27-21(26-19)18-10-5-4-6-11-18/h4-12,15,17H,13-14H2,1-3H3,(H2,23,24,25). The van der Waals surface area contributed by atoms with Crippen LogP contribution in [0.25, 0.3) is 11.5 Å². The Balaban J connectivity index is 1.47. The summed E-state index contributed by atoms with van der Waals surface area (Å²) in [6.45, 7) is 5.21. The number of guanidine groups is 1. The van der Waals surface area contributed by atoms with Gasteiger partial charge in [0.25, 0.3) is 0 Å². The Morgan fingerprint density at radius 2 is 1.86 bits per heavy atom. The van der Waals surface area contributed by atoms with Crippen LogP contribution < -0.4 is 15.4 Å². The SMILES string of the molecule is CN=C(NCc1coc(-c2ccccc2)n1)NCC(C)Oc1ccccc1C. The van der Waals surface area contributed by atoms with E-state index in [9.17, 15) is 0 Å². The molecule has 0 spiro atoms. The van der Waals surface area contributed by atoms with Gasteiger partial charge in [-0.3, -0.25) is 4.99 Å². The summed E-state index contributed by atoms with van der Waals surface area (Å²) >= 11 is 0. The topological polar surface area (TPSA) is 71.7 Å². The van der Waals surface area contributed by atoms with E-state index in [2.05, 4.69) is 20.6 Å². The van der Waals surface area contributed by atoms with Crippen molar-refractivity contribution < 1.29 is 9.15 Å². The molecule has 0 aliphatic carbocycles. The zero-order valence-electron chi connectivity index (χ0n) is 16.5. The van der Waals surface area contributed by atoms with Crippen LogP contribution in [-0.4, -0.2) is 30.6 Å². The van der Waals surface area contributed by atoms with Gasteiger partial charge in [0.15, 0.2) is 5.96 Å². The number of aromatic nitrogens is 1. The second kappa shape index (κ2) is 9.60. The molecule has 3 rings (SSSR count). The third kappa shape index (κ3) is 5.36. The molecule has 1 heterocycles. The molecule has 146 valence electrons. The summed E-state index contributed by atoms with van der Waals surface area (Å²) in [4.78, 5) is 8.76. The maximum Gasteiger partial charge on any atom is 0.226 e. The fraction of sp³-hybridized carbons (Fsp3) is 0.273. The number of aryl methyl sites for hydroxylation is 1. The van der Waals surface area contributed by atoms with E-state index in [4.69, 9.17) is 9.15 Å². The molecule has 0 aliphatic rings. The van der Waals surface area contributed by atoms with Gasteiger partial charge in [-0.05, 0) is 37.6 Å². The quantitative estimate of drug-likeness (QED) is 0.484. The molecule has 1 atom stereocenters. The largest absolute Gasteiger partial charge is 0.489 e. The van der Waals surface area contributed by atoms with Gasteiger partial charge < -0.3 is 19.8 Å². The highest BCUT2D eigenvalue weighted by Crippen LogP contribution is 2.18. The van der Waals surface area contributed by atoms with Crippen molar-refractivity contribution in [2.75, 3.05) is 13.6 Å². The lowest BCUT2D eigenvalue weighted by Gasteiger charge is -2.18. The van der Waals surface area contributed by atoms with E-state index < -0.39 is 0 Å². The normalized spacial score (nSPS) is 12.5. The predicted octanol–water partition coefficient (Wildman–Crippen LogP) is 3.78. The number of benzene rings is 2. The van der Waals surface area contributed by atoms with Gasteiger partial charge >= 0.3 is 0 Å².